The van der Waals surface area contributed by atoms with E-state index in [9.17, 15) is 0 Å². The van der Waals surface area contributed by atoms with Crippen molar-refractivity contribution in [1.29, 1.82) is 0 Å². The quantitative estimate of drug-likeness (QED) is 0.825. The van der Waals surface area contributed by atoms with E-state index < -0.39 is 0 Å². The number of hydrogen-bond acceptors (Lipinski definition) is 3. The van der Waals surface area contributed by atoms with E-state index in [1.807, 2.05) is 13.0 Å². The molecule has 1 aromatic carbocycles. The van der Waals surface area contributed by atoms with Crippen molar-refractivity contribution in [3.05, 3.63) is 28.8 Å². The van der Waals surface area contributed by atoms with Gasteiger partial charge in [0.1, 0.15) is 5.75 Å². The van der Waals surface area contributed by atoms with Gasteiger partial charge in [0.05, 0.1) is 7.11 Å². The Morgan fingerprint density at radius 2 is 1.76 bits per heavy atom. The first-order chi connectivity index (χ1) is 7.97. The molecule has 0 saturated carbocycles. The first-order valence-corrected chi connectivity index (χ1v) is 6.12. The Hall–Kier alpha value is -1.06. The van der Waals surface area contributed by atoms with Gasteiger partial charge in [0.15, 0.2) is 0 Å². The van der Waals surface area contributed by atoms with Gasteiger partial charge < -0.3 is 16.2 Å². The summed E-state index contributed by atoms with van der Waals surface area (Å²) in [6.07, 6.45) is 1.87. The van der Waals surface area contributed by atoms with Crippen molar-refractivity contribution in [3.63, 3.8) is 0 Å². The summed E-state index contributed by atoms with van der Waals surface area (Å²) in [7, 11) is 1.69. The van der Waals surface area contributed by atoms with Gasteiger partial charge in [0.2, 0.25) is 0 Å². The molecule has 0 aromatic heterocycles. The average molecular weight is 236 g/mol. The maximum Gasteiger partial charge on any atom is 0.122 e. The normalized spacial score (nSPS) is 14.5. The Labute approximate surface area is 104 Å². The van der Waals surface area contributed by atoms with Gasteiger partial charge in [-0.2, -0.15) is 0 Å². The van der Waals surface area contributed by atoms with Crippen LogP contribution in [0.1, 0.15) is 42.5 Å². The van der Waals surface area contributed by atoms with Gasteiger partial charge >= 0.3 is 0 Å². The summed E-state index contributed by atoms with van der Waals surface area (Å²) in [5, 5.41) is 0. The molecule has 17 heavy (non-hydrogen) atoms. The third-order valence-corrected chi connectivity index (χ3v) is 3.33. The van der Waals surface area contributed by atoms with Crippen LogP contribution < -0.4 is 16.2 Å². The fourth-order valence-corrected chi connectivity index (χ4v) is 2.04. The van der Waals surface area contributed by atoms with E-state index >= 15 is 0 Å². The lowest BCUT2D eigenvalue weighted by Gasteiger charge is -2.18. The Balaban J connectivity index is 2.87. The number of rotatable bonds is 5. The molecule has 0 aliphatic rings. The molecule has 2 unspecified atom stereocenters. The van der Waals surface area contributed by atoms with Crippen LogP contribution in [0.5, 0.6) is 5.75 Å². The Morgan fingerprint density at radius 1 is 1.12 bits per heavy atom. The third kappa shape index (κ3) is 3.45. The molecular formula is C14H24N2O. The highest BCUT2D eigenvalue weighted by Crippen LogP contribution is 2.28. The minimum absolute atomic E-state index is 0.0607. The number of methoxy groups -OCH3 is 1. The van der Waals surface area contributed by atoms with Crippen molar-refractivity contribution in [1.82, 2.24) is 0 Å². The fraction of sp³-hybridized carbons (Fsp3) is 0.571. The summed E-state index contributed by atoms with van der Waals surface area (Å²) in [6, 6.07) is 4.32. The number of hydrogen-bond donors (Lipinski definition) is 2. The summed E-state index contributed by atoms with van der Waals surface area (Å²) < 4.78 is 5.30. The van der Waals surface area contributed by atoms with E-state index in [1.54, 1.807) is 7.11 Å². The van der Waals surface area contributed by atoms with Crippen molar-refractivity contribution in [3.8, 4) is 5.75 Å². The Bertz CT molecular complexity index is 375. The van der Waals surface area contributed by atoms with Gasteiger partial charge in [-0.25, -0.2) is 0 Å². The number of benzene rings is 1. The van der Waals surface area contributed by atoms with E-state index in [4.69, 9.17) is 16.2 Å². The van der Waals surface area contributed by atoms with Gasteiger partial charge in [0, 0.05) is 12.1 Å². The van der Waals surface area contributed by atoms with Gasteiger partial charge in [-0.15, -0.1) is 0 Å². The van der Waals surface area contributed by atoms with Crippen LogP contribution in [0.4, 0.5) is 0 Å². The topological polar surface area (TPSA) is 61.3 Å². The predicted octanol–water partition coefficient (Wildman–Crippen LogP) is 2.44. The first kappa shape index (κ1) is 14.0. The van der Waals surface area contributed by atoms with E-state index in [-0.39, 0.29) is 12.1 Å². The highest BCUT2D eigenvalue weighted by atomic mass is 16.5. The second kappa shape index (κ2) is 6.03. The van der Waals surface area contributed by atoms with E-state index in [0.29, 0.717) is 0 Å². The van der Waals surface area contributed by atoms with Crippen LogP contribution in [0.25, 0.3) is 0 Å². The number of nitrogens with two attached hydrogens (primary N) is 2. The summed E-state index contributed by atoms with van der Waals surface area (Å²) in [5.41, 5.74) is 15.6. The zero-order valence-corrected chi connectivity index (χ0v) is 11.3. The van der Waals surface area contributed by atoms with E-state index in [0.717, 1.165) is 18.6 Å². The SMILES string of the molecule is COc1ccc(C(N)CCC(C)N)c(C)c1C. The molecule has 0 heterocycles. The van der Waals surface area contributed by atoms with E-state index in [2.05, 4.69) is 19.9 Å². The summed E-state index contributed by atoms with van der Waals surface area (Å²) in [5.74, 6) is 0.922. The van der Waals surface area contributed by atoms with Crippen LogP contribution in [0, 0.1) is 13.8 Å². The number of ether oxygens (including phenoxy) is 1. The van der Waals surface area contributed by atoms with Crippen molar-refractivity contribution in [2.45, 2.75) is 45.7 Å². The summed E-state index contributed by atoms with van der Waals surface area (Å²) >= 11 is 0. The van der Waals surface area contributed by atoms with Crippen molar-refractivity contribution >= 4 is 0 Å². The zero-order valence-electron chi connectivity index (χ0n) is 11.3. The van der Waals surface area contributed by atoms with Crippen molar-refractivity contribution in [2.75, 3.05) is 7.11 Å². The largest absolute Gasteiger partial charge is 0.496 e. The molecule has 0 aliphatic carbocycles. The lowest BCUT2D eigenvalue weighted by atomic mass is 9.94. The molecular weight excluding hydrogens is 212 g/mol. The van der Waals surface area contributed by atoms with Gasteiger partial charge in [-0.3, -0.25) is 0 Å². The molecule has 0 bridgehead atoms. The third-order valence-electron chi connectivity index (χ3n) is 3.33. The van der Waals surface area contributed by atoms with Gasteiger partial charge in [0.25, 0.3) is 0 Å². The molecule has 0 fully saturated rings. The Kier molecular flexibility index (Phi) is 4.97. The minimum atomic E-state index is 0.0607. The van der Waals surface area contributed by atoms with Crippen LogP contribution >= 0.6 is 0 Å². The van der Waals surface area contributed by atoms with Crippen LogP contribution in [0.2, 0.25) is 0 Å². The summed E-state index contributed by atoms with van der Waals surface area (Å²) in [6.45, 7) is 6.17. The van der Waals surface area contributed by atoms with Gasteiger partial charge in [-0.05, 0) is 56.4 Å². The lowest BCUT2D eigenvalue weighted by molar-refractivity contribution is 0.410. The van der Waals surface area contributed by atoms with Gasteiger partial charge in [-0.1, -0.05) is 6.07 Å². The van der Waals surface area contributed by atoms with Crippen LogP contribution in [0.3, 0.4) is 0 Å². The maximum atomic E-state index is 6.21. The first-order valence-electron chi connectivity index (χ1n) is 6.12. The van der Waals surface area contributed by atoms with Crippen LogP contribution in [-0.4, -0.2) is 13.2 Å². The van der Waals surface area contributed by atoms with Crippen LogP contribution in [0.15, 0.2) is 12.1 Å². The van der Waals surface area contributed by atoms with E-state index in [1.165, 1.54) is 16.7 Å². The monoisotopic (exact) mass is 236 g/mol. The smallest absolute Gasteiger partial charge is 0.122 e. The maximum absolute atomic E-state index is 6.21. The molecule has 2 atom stereocenters. The molecule has 1 aromatic rings. The standard InChI is InChI=1S/C14H24N2O/c1-9(15)5-7-13(16)12-6-8-14(17-4)11(3)10(12)2/h6,8-9,13H,5,7,15-16H2,1-4H3. The lowest BCUT2D eigenvalue weighted by Crippen LogP contribution is -2.19. The highest BCUT2D eigenvalue weighted by Gasteiger charge is 2.13. The van der Waals surface area contributed by atoms with Crippen molar-refractivity contribution in [2.24, 2.45) is 11.5 Å². The average Bonchev–Trinajstić information content (AvgIpc) is 2.29. The van der Waals surface area contributed by atoms with Crippen molar-refractivity contribution < 1.29 is 4.74 Å². The molecule has 0 spiro atoms. The second-order valence-electron chi connectivity index (χ2n) is 4.77. The zero-order chi connectivity index (χ0) is 13.0. The molecule has 96 valence electrons. The highest BCUT2D eigenvalue weighted by molar-refractivity contribution is 5.44. The molecule has 0 saturated heterocycles. The van der Waals surface area contributed by atoms with Crippen LogP contribution in [-0.2, 0) is 0 Å². The molecule has 4 N–H and O–H groups in total. The summed E-state index contributed by atoms with van der Waals surface area (Å²) in [4.78, 5) is 0. The molecule has 3 nitrogen and oxygen atoms in total. The molecule has 0 aliphatic heterocycles. The predicted molar refractivity (Wildman–Crippen MR) is 72.3 cm³/mol. The molecule has 1 rings (SSSR count). The molecule has 0 radical (unpaired) electrons. The second-order valence-corrected chi connectivity index (χ2v) is 4.77. The molecule has 0 amide bonds. The minimum Gasteiger partial charge on any atom is -0.496 e. The Morgan fingerprint density at radius 3 is 2.29 bits per heavy atom. The fourth-order valence-electron chi connectivity index (χ4n) is 2.04. The molecule has 3 heteroatoms.